The van der Waals surface area contributed by atoms with Gasteiger partial charge in [-0.2, -0.15) is 0 Å². The molecule has 1 aromatic carbocycles. The predicted molar refractivity (Wildman–Crippen MR) is 94.9 cm³/mol. The van der Waals surface area contributed by atoms with E-state index in [2.05, 4.69) is 5.32 Å². The van der Waals surface area contributed by atoms with Gasteiger partial charge in [-0.15, -0.1) is 0 Å². The fourth-order valence-corrected chi connectivity index (χ4v) is 5.87. The van der Waals surface area contributed by atoms with Crippen LogP contribution in [0.25, 0.3) is 0 Å². The van der Waals surface area contributed by atoms with Crippen LogP contribution in [0.15, 0.2) is 24.3 Å². The first kappa shape index (κ1) is 16.0. The van der Waals surface area contributed by atoms with Crippen molar-refractivity contribution in [1.82, 2.24) is 5.32 Å². The van der Waals surface area contributed by atoms with Crippen LogP contribution in [0.5, 0.6) is 5.75 Å². The number of ether oxygens (including phenoxy) is 1. The molecule has 4 aliphatic carbocycles. The van der Waals surface area contributed by atoms with Crippen molar-refractivity contribution >= 4 is 5.91 Å². The van der Waals surface area contributed by atoms with Crippen molar-refractivity contribution in [2.75, 3.05) is 6.54 Å². The van der Waals surface area contributed by atoms with E-state index in [9.17, 15) is 4.79 Å². The van der Waals surface area contributed by atoms with Crippen LogP contribution in [0.1, 0.15) is 51.0 Å². The number of aryl methyl sites for hydroxylation is 1. The molecule has 0 aliphatic heterocycles. The van der Waals surface area contributed by atoms with E-state index in [-0.39, 0.29) is 5.91 Å². The molecular formula is C21H29NO2. The molecule has 5 rings (SSSR count). The molecule has 4 saturated carbocycles. The van der Waals surface area contributed by atoms with Gasteiger partial charge < -0.3 is 10.1 Å². The smallest absolute Gasteiger partial charge is 0.260 e. The summed E-state index contributed by atoms with van der Waals surface area (Å²) in [7, 11) is 0. The monoisotopic (exact) mass is 327 g/mol. The highest BCUT2D eigenvalue weighted by Crippen LogP contribution is 2.59. The lowest BCUT2D eigenvalue weighted by molar-refractivity contribution is -0.129. The number of amides is 1. The Hall–Kier alpha value is -1.51. The largest absolute Gasteiger partial charge is 0.481 e. The summed E-state index contributed by atoms with van der Waals surface area (Å²) in [6.07, 6.45) is 7.87. The molecule has 1 N–H and O–H groups in total. The molecular weight excluding hydrogens is 298 g/mol. The third-order valence-electron chi connectivity index (χ3n) is 6.47. The Kier molecular flexibility index (Phi) is 4.06. The first-order valence-corrected chi connectivity index (χ1v) is 9.52. The number of rotatable bonds is 5. The molecule has 0 saturated heterocycles. The van der Waals surface area contributed by atoms with E-state index in [1.807, 2.05) is 38.1 Å². The average molecular weight is 327 g/mol. The van der Waals surface area contributed by atoms with E-state index in [0.29, 0.717) is 5.41 Å². The number of nitrogens with one attached hydrogen (secondary N) is 1. The van der Waals surface area contributed by atoms with Crippen molar-refractivity contribution in [1.29, 1.82) is 0 Å². The van der Waals surface area contributed by atoms with Gasteiger partial charge >= 0.3 is 0 Å². The van der Waals surface area contributed by atoms with Crippen LogP contribution < -0.4 is 10.1 Å². The van der Waals surface area contributed by atoms with Crippen molar-refractivity contribution in [3.8, 4) is 5.75 Å². The van der Waals surface area contributed by atoms with Crippen molar-refractivity contribution in [3.05, 3.63) is 29.8 Å². The minimum atomic E-state index is -0.444. The maximum absolute atomic E-state index is 12.5. The SMILES string of the molecule is Cc1cccc(O[C@@H](C)C(=O)NCC23CC4CC(CC(C4)C2)C3)c1. The van der Waals surface area contributed by atoms with Crippen LogP contribution >= 0.6 is 0 Å². The molecule has 0 aromatic heterocycles. The van der Waals surface area contributed by atoms with Gasteiger partial charge in [0.1, 0.15) is 5.75 Å². The Bertz CT molecular complexity index is 589. The van der Waals surface area contributed by atoms with Crippen LogP contribution in [-0.4, -0.2) is 18.6 Å². The molecule has 1 amide bonds. The molecule has 0 heterocycles. The molecule has 1 atom stereocenters. The van der Waals surface area contributed by atoms with Gasteiger partial charge in [-0.25, -0.2) is 0 Å². The summed E-state index contributed by atoms with van der Waals surface area (Å²) >= 11 is 0. The van der Waals surface area contributed by atoms with Crippen LogP contribution in [0.3, 0.4) is 0 Å². The van der Waals surface area contributed by atoms with E-state index in [0.717, 1.165) is 35.6 Å². The lowest BCUT2D eigenvalue weighted by Crippen LogP contribution is -2.52. The van der Waals surface area contributed by atoms with Crippen LogP contribution in [0.2, 0.25) is 0 Å². The summed E-state index contributed by atoms with van der Waals surface area (Å²) < 4.78 is 5.82. The second kappa shape index (κ2) is 6.09. The van der Waals surface area contributed by atoms with E-state index in [1.54, 1.807) is 0 Å². The van der Waals surface area contributed by atoms with Crippen LogP contribution in [-0.2, 0) is 4.79 Å². The molecule has 24 heavy (non-hydrogen) atoms. The van der Waals surface area contributed by atoms with Gasteiger partial charge in [0.25, 0.3) is 5.91 Å². The van der Waals surface area contributed by atoms with Crippen molar-refractivity contribution < 1.29 is 9.53 Å². The quantitative estimate of drug-likeness (QED) is 0.884. The van der Waals surface area contributed by atoms with Crippen LogP contribution in [0.4, 0.5) is 0 Å². The Morgan fingerprint density at radius 1 is 1.21 bits per heavy atom. The predicted octanol–water partition coefficient (Wildman–Crippen LogP) is 4.09. The summed E-state index contributed by atoms with van der Waals surface area (Å²) in [4.78, 5) is 12.5. The normalized spacial score (nSPS) is 34.8. The highest BCUT2D eigenvalue weighted by atomic mass is 16.5. The van der Waals surface area contributed by atoms with Gasteiger partial charge in [0.2, 0.25) is 0 Å². The molecule has 0 spiro atoms. The zero-order chi connectivity index (χ0) is 16.7. The minimum absolute atomic E-state index is 0.0206. The van der Waals surface area contributed by atoms with Gasteiger partial charge in [0.05, 0.1) is 0 Å². The number of carbonyl (C=O) groups excluding carboxylic acids is 1. The van der Waals surface area contributed by atoms with Crippen molar-refractivity contribution in [3.63, 3.8) is 0 Å². The van der Waals surface area contributed by atoms with Gasteiger partial charge in [-0.1, -0.05) is 12.1 Å². The highest BCUT2D eigenvalue weighted by molar-refractivity contribution is 5.80. The second-order valence-corrected chi connectivity index (χ2v) is 8.71. The maximum Gasteiger partial charge on any atom is 0.260 e. The molecule has 3 nitrogen and oxygen atoms in total. The topological polar surface area (TPSA) is 38.3 Å². The summed E-state index contributed by atoms with van der Waals surface area (Å²) in [6.45, 7) is 4.72. The lowest BCUT2D eigenvalue weighted by Gasteiger charge is -2.56. The maximum atomic E-state index is 12.5. The fraction of sp³-hybridized carbons (Fsp3) is 0.667. The Labute approximate surface area is 145 Å². The first-order valence-electron chi connectivity index (χ1n) is 9.52. The molecule has 4 bridgehead atoms. The zero-order valence-electron chi connectivity index (χ0n) is 14.9. The Morgan fingerprint density at radius 2 is 1.83 bits per heavy atom. The van der Waals surface area contributed by atoms with Gasteiger partial charge in [-0.3, -0.25) is 4.79 Å². The molecule has 1 aromatic rings. The van der Waals surface area contributed by atoms with Gasteiger partial charge in [0.15, 0.2) is 6.10 Å². The second-order valence-electron chi connectivity index (χ2n) is 8.71. The fourth-order valence-electron chi connectivity index (χ4n) is 5.87. The molecule has 3 heteroatoms. The third-order valence-corrected chi connectivity index (χ3v) is 6.47. The molecule has 0 radical (unpaired) electrons. The number of hydrogen-bond acceptors (Lipinski definition) is 2. The summed E-state index contributed by atoms with van der Waals surface area (Å²) in [5.41, 5.74) is 1.53. The molecule has 4 aliphatic rings. The van der Waals surface area contributed by atoms with Gasteiger partial charge in [0, 0.05) is 6.54 Å². The van der Waals surface area contributed by atoms with Crippen molar-refractivity contribution in [2.24, 2.45) is 23.2 Å². The summed E-state index contributed by atoms with van der Waals surface area (Å²) in [5, 5.41) is 3.21. The third kappa shape index (κ3) is 3.18. The number of hydrogen-bond donors (Lipinski definition) is 1. The van der Waals surface area contributed by atoms with E-state index >= 15 is 0 Å². The standard InChI is InChI=1S/C21H29NO2/c1-14-4-3-5-19(6-14)24-15(2)20(23)22-13-21-10-16-7-17(11-21)9-18(8-16)12-21/h3-6,15-18H,7-13H2,1-2H3,(H,22,23)/t15-,16?,17?,18?,21?/m0/s1. The molecule has 0 unspecified atom stereocenters. The number of benzene rings is 1. The summed E-state index contributed by atoms with van der Waals surface area (Å²) in [5.74, 6) is 3.57. The molecule has 4 fully saturated rings. The van der Waals surface area contributed by atoms with E-state index in [1.165, 1.54) is 38.5 Å². The average Bonchev–Trinajstić information content (AvgIpc) is 2.51. The Balaban J connectivity index is 1.33. The highest BCUT2D eigenvalue weighted by Gasteiger charge is 2.50. The number of carbonyl (C=O) groups is 1. The summed E-state index contributed by atoms with van der Waals surface area (Å²) in [6, 6.07) is 7.88. The zero-order valence-corrected chi connectivity index (χ0v) is 14.9. The minimum Gasteiger partial charge on any atom is -0.481 e. The van der Waals surface area contributed by atoms with E-state index < -0.39 is 6.10 Å². The van der Waals surface area contributed by atoms with Gasteiger partial charge in [-0.05, 0) is 93.2 Å². The van der Waals surface area contributed by atoms with E-state index in [4.69, 9.17) is 4.74 Å². The lowest BCUT2D eigenvalue weighted by atomic mass is 9.49. The Morgan fingerprint density at radius 3 is 2.42 bits per heavy atom. The van der Waals surface area contributed by atoms with Crippen LogP contribution in [0, 0.1) is 30.1 Å². The first-order chi connectivity index (χ1) is 11.5. The van der Waals surface area contributed by atoms with Crippen molar-refractivity contribution in [2.45, 2.75) is 58.5 Å². The molecule has 130 valence electrons.